The number of aryl methyl sites for hydroxylation is 2. The second-order valence-corrected chi connectivity index (χ2v) is 4.93. The predicted octanol–water partition coefficient (Wildman–Crippen LogP) is 3.27. The molecule has 2 aromatic rings. The topological polar surface area (TPSA) is 49.9 Å². The zero-order chi connectivity index (χ0) is 12.6. The van der Waals surface area contributed by atoms with Crippen molar-refractivity contribution in [3.05, 3.63) is 28.0 Å². The zero-order valence-electron chi connectivity index (χ0n) is 10.4. The highest BCUT2D eigenvalue weighted by Gasteiger charge is 2.10. The van der Waals surface area contributed by atoms with Crippen molar-refractivity contribution in [1.82, 2.24) is 9.38 Å². The van der Waals surface area contributed by atoms with E-state index in [1.165, 1.54) is 5.69 Å². The highest BCUT2D eigenvalue weighted by Crippen LogP contribution is 2.22. The maximum atomic E-state index is 8.76. The van der Waals surface area contributed by atoms with Crippen LogP contribution in [0.3, 0.4) is 0 Å². The van der Waals surface area contributed by atoms with Gasteiger partial charge >= 0.3 is 0 Å². The third-order valence-corrected chi connectivity index (χ3v) is 3.77. The minimum Gasteiger partial charge on any atom is -0.411 e. The third kappa shape index (κ3) is 1.98. The predicted molar refractivity (Wildman–Crippen MR) is 71.1 cm³/mol. The van der Waals surface area contributed by atoms with E-state index in [1.54, 1.807) is 18.3 Å². The van der Waals surface area contributed by atoms with E-state index in [4.69, 9.17) is 5.21 Å². The monoisotopic (exact) mass is 249 g/mol. The van der Waals surface area contributed by atoms with E-state index in [1.807, 2.05) is 19.9 Å². The molecule has 2 aromatic heterocycles. The van der Waals surface area contributed by atoms with Crippen molar-refractivity contribution in [2.75, 3.05) is 0 Å². The van der Waals surface area contributed by atoms with E-state index in [9.17, 15) is 0 Å². The molecular weight excluding hydrogens is 234 g/mol. The van der Waals surface area contributed by atoms with E-state index < -0.39 is 0 Å². The number of nitrogens with zero attached hydrogens (tertiary/aromatic N) is 3. The van der Waals surface area contributed by atoms with Crippen LogP contribution in [-0.2, 0) is 0 Å². The van der Waals surface area contributed by atoms with Gasteiger partial charge in [0.25, 0.3) is 0 Å². The molecule has 0 unspecified atom stereocenters. The van der Waals surface area contributed by atoms with Crippen molar-refractivity contribution < 1.29 is 5.21 Å². The Labute approximate surface area is 104 Å². The molecule has 0 aliphatic heterocycles. The molecule has 0 spiro atoms. The van der Waals surface area contributed by atoms with Crippen molar-refractivity contribution >= 4 is 28.1 Å². The summed E-state index contributed by atoms with van der Waals surface area (Å²) in [4.78, 5) is 5.50. The van der Waals surface area contributed by atoms with Crippen LogP contribution in [-0.4, -0.2) is 20.3 Å². The van der Waals surface area contributed by atoms with Gasteiger partial charge in [0.15, 0.2) is 4.96 Å². The van der Waals surface area contributed by atoms with Crippen molar-refractivity contribution in [3.63, 3.8) is 0 Å². The summed E-state index contributed by atoms with van der Waals surface area (Å²) in [5.74, 6) is 0. The van der Waals surface area contributed by atoms with E-state index in [0.717, 1.165) is 21.9 Å². The van der Waals surface area contributed by atoms with Crippen molar-refractivity contribution in [1.29, 1.82) is 0 Å². The van der Waals surface area contributed by atoms with Gasteiger partial charge in [-0.3, -0.25) is 4.40 Å². The zero-order valence-corrected chi connectivity index (χ0v) is 11.2. The summed E-state index contributed by atoms with van der Waals surface area (Å²) in [5, 5.41) is 14.1. The number of imidazole rings is 1. The number of fused-ring (bicyclic) bond motifs is 1. The first-order chi connectivity index (χ1) is 8.04. The number of aromatic nitrogens is 2. The third-order valence-electron chi connectivity index (χ3n) is 2.83. The molecule has 0 saturated carbocycles. The van der Waals surface area contributed by atoms with Gasteiger partial charge < -0.3 is 5.21 Å². The molecule has 4 nitrogen and oxygen atoms in total. The average molecular weight is 249 g/mol. The number of hydrogen-bond acceptors (Lipinski definition) is 4. The minimum absolute atomic E-state index is 0.618. The van der Waals surface area contributed by atoms with Gasteiger partial charge in [0.1, 0.15) is 0 Å². The van der Waals surface area contributed by atoms with Crippen LogP contribution < -0.4 is 0 Å². The summed E-state index contributed by atoms with van der Waals surface area (Å²) in [6.45, 7) is 7.75. The Hall–Kier alpha value is -1.62. The largest absolute Gasteiger partial charge is 0.411 e. The first kappa shape index (κ1) is 11.9. The van der Waals surface area contributed by atoms with Crippen LogP contribution in [0.2, 0.25) is 0 Å². The lowest BCUT2D eigenvalue weighted by Crippen LogP contribution is -1.95. The molecule has 1 N–H and O–H groups in total. The Morgan fingerprint density at radius 1 is 1.47 bits per heavy atom. The van der Waals surface area contributed by atoms with Gasteiger partial charge in [-0.15, -0.1) is 11.3 Å². The van der Waals surface area contributed by atoms with Crippen LogP contribution >= 0.6 is 11.3 Å². The van der Waals surface area contributed by atoms with Crippen LogP contribution in [0.15, 0.2) is 16.1 Å². The average Bonchev–Trinajstić information content (AvgIpc) is 2.80. The summed E-state index contributed by atoms with van der Waals surface area (Å²) in [6.07, 6.45) is 2.00. The molecule has 2 heterocycles. The van der Waals surface area contributed by atoms with Gasteiger partial charge in [0, 0.05) is 11.1 Å². The number of rotatable bonds is 2. The fourth-order valence-corrected chi connectivity index (χ4v) is 2.60. The molecule has 0 atom stereocenters. The second kappa shape index (κ2) is 4.33. The molecule has 90 valence electrons. The van der Waals surface area contributed by atoms with Crippen LogP contribution in [0.1, 0.15) is 30.9 Å². The highest BCUT2D eigenvalue weighted by atomic mass is 32.1. The van der Waals surface area contributed by atoms with E-state index in [2.05, 4.69) is 26.8 Å². The number of allylic oxidation sites excluding steroid dienone is 1. The fourth-order valence-electron chi connectivity index (χ4n) is 1.68. The molecule has 5 heteroatoms. The quantitative estimate of drug-likeness (QED) is 0.504. The molecule has 0 radical (unpaired) electrons. The standard InChI is InChI=1S/C12H15N3OS/c1-7(9(3)14-16)5-11-10(4)13-12-15(11)8(2)6-17-12/h5-6,16H,1-4H3/b7-5-,14-9+. The van der Waals surface area contributed by atoms with E-state index in [-0.39, 0.29) is 0 Å². The summed E-state index contributed by atoms with van der Waals surface area (Å²) < 4.78 is 2.12. The van der Waals surface area contributed by atoms with Gasteiger partial charge in [-0.05, 0) is 39.3 Å². The molecule has 0 amide bonds. The SMILES string of the molecule is CC(=C/c1c(C)nc2scc(C)n12)/C(C)=N/O. The lowest BCUT2D eigenvalue weighted by atomic mass is 10.1. The Balaban J connectivity index is 2.62. The molecule has 0 saturated heterocycles. The molecular formula is C12H15N3OS. The number of hydrogen-bond donors (Lipinski definition) is 1. The maximum Gasteiger partial charge on any atom is 0.194 e. The van der Waals surface area contributed by atoms with Gasteiger partial charge in [-0.2, -0.15) is 0 Å². The van der Waals surface area contributed by atoms with E-state index in [0.29, 0.717) is 5.71 Å². The molecule has 0 aromatic carbocycles. The maximum absolute atomic E-state index is 8.76. The van der Waals surface area contributed by atoms with Crippen LogP contribution in [0.25, 0.3) is 11.0 Å². The summed E-state index contributed by atoms with van der Waals surface area (Å²) in [5.41, 5.74) is 4.77. The van der Waals surface area contributed by atoms with Crippen molar-refractivity contribution in [3.8, 4) is 0 Å². The normalized spacial score (nSPS) is 13.6. The van der Waals surface area contributed by atoms with Gasteiger partial charge in [-0.1, -0.05) is 5.16 Å². The fraction of sp³-hybridized carbons (Fsp3) is 0.333. The lowest BCUT2D eigenvalue weighted by Gasteiger charge is -2.00. The van der Waals surface area contributed by atoms with Gasteiger partial charge in [0.05, 0.1) is 17.1 Å². The number of oxime groups is 1. The van der Waals surface area contributed by atoms with Gasteiger partial charge in [-0.25, -0.2) is 4.98 Å². The Bertz CT molecular complexity index is 619. The van der Waals surface area contributed by atoms with E-state index >= 15 is 0 Å². The van der Waals surface area contributed by atoms with Crippen LogP contribution in [0.5, 0.6) is 0 Å². The summed E-state index contributed by atoms with van der Waals surface area (Å²) >= 11 is 1.63. The lowest BCUT2D eigenvalue weighted by molar-refractivity contribution is 0.319. The molecule has 0 fully saturated rings. The molecule has 2 rings (SSSR count). The minimum atomic E-state index is 0.618. The first-order valence-corrected chi connectivity index (χ1v) is 6.23. The van der Waals surface area contributed by atoms with Crippen LogP contribution in [0.4, 0.5) is 0 Å². The highest BCUT2D eigenvalue weighted by molar-refractivity contribution is 7.15. The molecule has 17 heavy (non-hydrogen) atoms. The Morgan fingerprint density at radius 2 is 2.18 bits per heavy atom. The Morgan fingerprint density at radius 3 is 2.82 bits per heavy atom. The summed E-state index contributed by atoms with van der Waals surface area (Å²) in [7, 11) is 0. The van der Waals surface area contributed by atoms with Crippen molar-refractivity contribution in [2.45, 2.75) is 27.7 Å². The summed E-state index contributed by atoms with van der Waals surface area (Å²) in [6, 6.07) is 0. The molecule has 0 bridgehead atoms. The molecule has 0 aliphatic rings. The number of thiazole rings is 1. The molecule has 0 aliphatic carbocycles. The van der Waals surface area contributed by atoms with Crippen molar-refractivity contribution in [2.24, 2.45) is 5.16 Å². The second-order valence-electron chi connectivity index (χ2n) is 4.09. The Kier molecular flexibility index (Phi) is 3.02. The van der Waals surface area contributed by atoms with Crippen LogP contribution in [0, 0.1) is 13.8 Å². The van der Waals surface area contributed by atoms with Gasteiger partial charge in [0.2, 0.25) is 0 Å². The smallest absolute Gasteiger partial charge is 0.194 e. The first-order valence-electron chi connectivity index (χ1n) is 5.35.